The fourth-order valence-corrected chi connectivity index (χ4v) is 2.13. The first kappa shape index (κ1) is 11.2. The summed E-state index contributed by atoms with van der Waals surface area (Å²) in [4.78, 5) is 1.31. The Morgan fingerprint density at radius 2 is 2.06 bits per heavy atom. The van der Waals surface area contributed by atoms with Crippen LogP contribution in [0.3, 0.4) is 0 Å². The van der Waals surface area contributed by atoms with Crippen molar-refractivity contribution < 1.29 is 4.52 Å². The van der Waals surface area contributed by atoms with Crippen LogP contribution in [0.2, 0.25) is 0 Å². The highest BCUT2D eigenvalue weighted by molar-refractivity contribution is 7.99. The molecule has 84 valence electrons. The van der Waals surface area contributed by atoms with E-state index in [1.807, 2.05) is 23.9 Å². The van der Waals surface area contributed by atoms with Crippen molar-refractivity contribution in [1.82, 2.24) is 10.5 Å². The molecule has 4 heteroatoms. The van der Waals surface area contributed by atoms with Crippen LogP contribution in [0.5, 0.6) is 0 Å². The van der Waals surface area contributed by atoms with Gasteiger partial charge in [-0.15, -0.1) is 11.8 Å². The van der Waals surface area contributed by atoms with E-state index in [0.717, 1.165) is 24.5 Å². The molecule has 16 heavy (non-hydrogen) atoms. The topological polar surface area (TPSA) is 38.1 Å². The Morgan fingerprint density at radius 3 is 2.81 bits per heavy atom. The maximum Gasteiger partial charge on any atom is 0.124 e. The molecule has 0 atom stereocenters. The van der Waals surface area contributed by atoms with Gasteiger partial charge in [-0.2, -0.15) is 0 Å². The molecule has 0 aliphatic carbocycles. The van der Waals surface area contributed by atoms with Crippen LogP contribution < -0.4 is 5.32 Å². The number of rotatable bonds is 6. The van der Waals surface area contributed by atoms with E-state index in [1.165, 1.54) is 4.90 Å². The molecule has 1 aromatic carbocycles. The summed E-state index contributed by atoms with van der Waals surface area (Å²) in [5.74, 6) is 1.06. The van der Waals surface area contributed by atoms with E-state index in [9.17, 15) is 0 Å². The number of benzene rings is 1. The molecule has 1 aromatic heterocycles. The van der Waals surface area contributed by atoms with Crippen LogP contribution >= 0.6 is 11.8 Å². The van der Waals surface area contributed by atoms with Gasteiger partial charge >= 0.3 is 0 Å². The Labute approximate surface area is 99.2 Å². The van der Waals surface area contributed by atoms with Crippen molar-refractivity contribution in [3.8, 4) is 0 Å². The van der Waals surface area contributed by atoms with Crippen LogP contribution in [0.4, 0.5) is 0 Å². The first-order valence-electron chi connectivity index (χ1n) is 5.23. The molecular formula is C12H14N2OS. The zero-order valence-electron chi connectivity index (χ0n) is 8.93. The molecule has 0 amide bonds. The second kappa shape index (κ2) is 6.35. The second-order valence-corrected chi connectivity index (χ2v) is 4.50. The van der Waals surface area contributed by atoms with Crippen molar-refractivity contribution in [2.45, 2.75) is 11.4 Å². The summed E-state index contributed by atoms with van der Waals surface area (Å²) < 4.78 is 4.75. The monoisotopic (exact) mass is 234 g/mol. The van der Waals surface area contributed by atoms with E-state index in [0.29, 0.717) is 0 Å². The van der Waals surface area contributed by atoms with Crippen LogP contribution in [0.25, 0.3) is 0 Å². The van der Waals surface area contributed by atoms with Gasteiger partial charge in [-0.05, 0) is 12.1 Å². The van der Waals surface area contributed by atoms with Gasteiger partial charge in [-0.1, -0.05) is 23.4 Å². The predicted molar refractivity (Wildman–Crippen MR) is 65.4 cm³/mol. The summed E-state index contributed by atoms with van der Waals surface area (Å²) in [6.07, 6.45) is 1.59. The number of aromatic nitrogens is 1. The number of nitrogens with one attached hydrogen (secondary N) is 1. The fourth-order valence-electron chi connectivity index (χ4n) is 1.30. The Kier molecular flexibility index (Phi) is 4.46. The summed E-state index contributed by atoms with van der Waals surface area (Å²) in [6.45, 7) is 1.73. The van der Waals surface area contributed by atoms with Crippen LogP contribution in [0.1, 0.15) is 5.69 Å². The molecular weight excluding hydrogens is 220 g/mol. The van der Waals surface area contributed by atoms with E-state index >= 15 is 0 Å². The Hall–Kier alpha value is -1.26. The van der Waals surface area contributed by atoms with Crippen molar-refractivity contribution in [2.75, 3.05) is 12.3 Å². The molecule has 0 bridgehead atoms. The molecule has 0 saturated heterocycles. The highest BCUT2D eigenvalue weighted by Crippen LogP contribution is 2.15. The molecule has 3 nitrogen and oxygen atoms in total. The maximum atomic E-state index is 4.75. The third-order valence-electron chi connectivity index (χ3n) is 2.09. The molecule has 0 fully saturated rings. The SMILES string of the molecule is c1ccc(SCCNCc2ccon2)cc1. The van der Waals surface area contributed by atoms with Gasteiger partial charge in [0.2, 0.25) is 0 Å². The maximum absolute atomic E-state index is 4.75. The van der Waals surface area contributed by atoms with Gasteiger partial charge in [0.05, 0.1) is 5.69 Å². The molecule has 1 N–H and O–H groups in total. The molecule has 2 aromatic rings. The lowest BCUT2D eigenvalue weighted by Gasteiger charge is -2.02. The minimum atomic E-state index is 0.770. The van der Waals surface area contributed by atoms with Gasteiger partial charge in [0.15, 0.2) is 0 Å². The van der Waals surface area contributed by atoms with E-state index < -0.39 is 0 Å². The number of thioether (sulfide) groups is 1. The Balaban J connectivity index is 1.59. The predicted octanol–water partition coefficient (Wildman–Crippen LogP) is 2.56. The second-order valence-electron chi connectivity index (χ2n) is 3.33. The molecule has 0 aliphatic heterocycles. The summed E-state index contributed by atoms with van der Waals surface area (Å²) in [5.41, 5.74) is 0.949. The largest absolute Gasteiger partial charge is 0.364 e. The fraction of sp³-hybridized carbons (Fsp3) is 0.250. The standard InChI is InChI=1S/C12H14N2OS/c1-2-4-12(5-3-1)16-9-7-13-10-11-6-8-15-14-11/h1-6,8,13H,7,9-10H2. The van der Waals surface area contributed by atoms with E-state index in [4.69, 9.17) is 4.52 Å². The number of hydrogen-bond donors (Lipinski definition) is 1. The number of hydrogen-bond acceptors (Lipinski definition) is 4. The lowest BCUT2D eigenvalue weighted by atomic mass is 10.4. The summed E-state index contributed by atoms with van der Waals surface area (Å²) in [6, 6.07) is 12.3. The first-order valence-corrected chi connectivity index (χ1v) is 6.21. The average Bonchev–Trinajstić information content (AvgIpc) is 2.83. The lowest BCUT2D eigenvalue weighted by Crippen LogP contribution is -2.16. The minimum Gasteiger partial charge on any atom is -0.364 e. The molecule has 1 heterocycles. The minimum absolute atomic E-state index is 0.770. The smallest absolute Gasteiger partial charge is 0.124 e. The quantitative estimate of drug-likeness (QED) is 0.616. The normalized spacial score (nSPS) is 10.5. The van der Waals surface area contributed by atoms with Crippen LogP contribution in [0.15, 0.2) is 52.1 Å². The van der Waals surface area contributed by atoms with Crippen molar-refractivity contribution >= 4 is 11.8 Å². The highest BCUT2D eigenvalue weighted by Gasteiger charge is 1.95. The van der Waals surface area contributed by atoms with Crippen molar-refractivity contribution in [1.29, 1.82) is 0 Å². The van der Waals surface area contributed by atoms with Crippen molar-refractivity contribution in [3.05, 3.63) is 48.4 Å². The number of nitrogens with zero attached hydrogens (tertiary/aromatic N) is 1. The highest BCUT2D eigenvalue weighted by atomic mass is 32.2. The van der Waals surface area contributed by atoms with Gasteiger partial charge in [0.1, 0.15) is 6.26 Å². The van der Waals surface area contributed by atoms with Gasteiger partial charge in [0.25, 0.3) is 0 Å². The Bertz CT molecular complexity index is 389. The average molecular weight is 234 g/mol. The van der Waals surface area contributed by atoms with Crippen molar-refractivity contribution in [2.24, 2.45) is 0 Å². The van der Waals surface area contributed by atoms with Crippen LogP contribution in [-0.2, 0) is 6.54 Å². The summed E-state index contributed by atoms with van der Waals surface area (Å²) in [5, 5.41) is 7.14. The zero-order valence-corrected chi connectivity index (χ0v) is 9.74. The van der Waals surface area contributed by atoms with E-state index in [-0.39, 0.29) is 0 Å². The lowest BCUT2D eigenvalue weighted by molar-refractivity contribution is 0.409. The summed E-state index contributed by atoms with van der Waals surface area (Å²) in [7, 11) is 0. The van der Waals surface area contributed by atoms with Gasteiger partial charge in [-0.3, -0.25) is 0 Å². The molecule has 0 radical (unpaired) electrons. The molecule has 0 spiro atoms. The first-order chi connectivity index (χ1) is 7.95. The third kappa shape index (κ3) is 3.72. The molecule has 2 rings (SSSR count). The van der Waals surface area contributed by atoms with Gasteiger partial charge in [-0.25, -0.2) is 0 Å². The van der Waals surface area contributed by atoms with E-state index in [2.05, 4.69) is 34.7 Å². The molecule has 0 aliphatic rings. The van der Waals surface area contributed by atoms with E-state index in [1.54, 1.807) is 6.26 Å². The Morgan fingerprint density at radius 1 is 1.19 bits per heavy atom. The van der Waals surface area contributed by atoms with Crippen molar-refractivity contribution in [3.63, 3.8) is 0 Å². The summed E-state index contributed by atoms with van der Waals surface area (Å²) >= 11 is 1.85. The van der Waals surface area contributed by atoms with Crippen LogP contribution in [-0.4, -0.2) is 17.5 Å². The van der Waals surface area contributed by atoms with Gasteiger partial charge in [0, 0.05) is 29.8 Å². The third-order valence-corrected chi connectivity index (χ3v) is 3.10. The van der Waals surface area contributed by atoms with Crippen LogP contribution in [0, 0.1) is 0 Å². The molecule has 0 saturated carbocycles. The molecule has 0 unspecified atom stereocenters. The zero-order chi connectivity index (χ0) is 11.1. The van der Waals surface area contributed by atoms with Gasteiger partial charge < -0.3 is 9.84 Å².